The molecule has 0 radical (unpaired) electrons. The molecule has 0 bridgehead atoms. The van der Waals surface area contributed by atoms with Gasteiger partial charge in [0.05, 0.1) is 21.3 Å². The smallest absolute Gasteiger partial charge is 0.258 e. The SMILES string of the molecule is Nc1ccc(F)c(NC(=O)c2c(Cl)cccc2Cl)c1. The molecule has 2 aromatic carbocycles. The van der Waals surface area contributed by atoms with Crippen molar-refractivity contribution in [1.82, 2.24) is 0 Å². The topological polar surface area (TPSA) is 55.1 Å². The first-order chi connectivity index (χ1) is 8.99. The van der Waals surface area contributed by atoms with Gasteiger partial charge in [0.15, 0.2) is 0 Å². The molecule has 0 fully saturated rings. The van der Waals surface area contributed by atoms with E-state index in [1.165, 1.54) is 30.3 Å². The van der Waals surface area contributed by atoms with Gasteiger partial charge in [-0.05, 0) is 30.3 Å². The Morgan fingerprint density at radius 1 is 1.16 bits per heavy atom. The minimum atomic E-state index is -0.597. The Balaban J connectivity index is 2.34. The quantitative estimate of drug-likeness (QED) is 0.824. The van der Waals surface area contributed by atoms with Crippen LogP contribution in [0.4, 0.5) is 15.8 Å². The molecule has 0 heterocycles. The number of nitrogens with one attached hydrogen (secondary N) is 1. The zero-order valence-corrected chi connectivity index (χ0v) is 11.1. The summed E-state index contributed by atoms with van der Waals surface area (Å²) in [6, 6.07) is 8.54. The fourth-order valence-corrected chi connectivity index (χ4v) is 2.11. The lowest BCUT2D eigenvalue weighted by Crippen LogP contribution is -2.14. The number of halogens is 3. The lowest BCUT2D eigenvalue weighted by Gasteiger charge is -2.09. The van der Waals surface area contributed by atoms with Gasteiger partial charge in [-0.3, -0.25) is 4.79 Å². The average Bonchev–Trinajstić information content (AvgIpc) is 2.33. The van der Waals surface area contributed by atoms with Gasteiger partial charge in [-0.2, -0.15) is 0 Å². The molecule has 0 atom stereocenters. The van der Waals surface area contributed by atoms with Gasteiger partial charge in [0.2, 0.25) is 0 Å². The average molecular weight is 299 g/mol. The van der Waals surface area contributed by atoms with Crippen molar-refractivity contribution < 1.29 is 9.18 Å². The van der Waals surface area contributed by atoms with E-state index in [9.17, 15) is 9.18 Å². The summed E-state index contributed by atoms with van der Waals surface area (Å²) in [5.74, 6) is -1.19. The third kappa shape index (κ3) is 2.97. The van der Waals surface area contributed by atoms with Crippen LogP contribution >= 0.6 is 23.2 Å². The molecule has 19 heavy (non-hydrogen) atoms. The minimum absolute atomic E-state index is 0.0269. The maximum atomic E-state index is 13.5. The van der Waals surface area contributed by atoms with Crippen molar-refractivity contribution in [2.24, 2.45) is 0 Å². The number of rotatable bonds is 2. The molecule has 0 spiro atoms. The Bertz CT molecular complexity index is 626. The van der Waals surface area contributed by atoms with Gasteiger partial charge in [0.25, 0.3) is 5.91 Å². The van der Waals surface area contributed by atoms with Crippen molar-refractivity contribution >= 4 is 40.5 Å². The number of hydrogen-bond donors (Lipinski definition) is 2. The largest absolute Gasteiger partial charge is 0.399 e. The Hall–Kier alpha value is -1.78. The fraction of sp³-hybridized carbons (Fsp3) is 0. The number of nitrogens with two attached hydrogens (primary N) is 1. The lowest BCUT2D eigenvalue weighted by atomic mass is 10.2. The van der Waals surface area contributed by atoms with Gasteiger partial charge >= 0.3 is 0 Å². The molecule has 0 aromatic heterocycles. The Morgan fingerprint density at radius 2 is 1.79 bits per heavy atom. The van der Waals surface area contributed by atoms with Crippen LogP contribution in [0, 0.1) is 5.82 Å². The summed E-state index contributed by atoms with van der Waals surface area (Å²) in [5.41, 5.74) is 5.93. The molecule has 98 valence electrons. The molecular weight excluding hydrogens is 290 g/mol. The second-order valence-corrected chi connectivity index (χ2v) is 4.60. The zero-order valence-electron chi connectivity index (χ0n) is 9.58. The number of carbonyl (C=O) groups is 1. The second-order valence-electron chi connectivity index (χ2n) is 3.79. The summed E-state index contributed by atoms with van der Waals surface area (Å²) in [6.07, 6.45) is 0. The van der Waals surface area contributed by atoms with Gasteiger partial charge < -0.3 is 11.1 Å². The Kier molecular flexibility index (Phi) is 3.93. The Morgan fingerprint density at radius 3 is 2.42 bits per heavy atom. The van der Waals surface area contributed by atoms with Crippen LogP contribution in [0.3, 0.4) is 0 Å². The lowest BCUT2D eigenvalue weighted by molar-refractivity contribution is 0.102. The van der Waals surface area contributed by atoms with E-state index >= 15 is 0 Å². The monoisotopic (exact) mass is 298 g/mol. The van der Waals surface area contributed by atoms with Crippen molar-refractivity contribution in [2.45, 2.75) is 0 Å². The molecule has 2 aromatic rings. The van der Waals surface area contributed by atoms with Crippen LogP contribution in [0.15, 0.2) is 36.4 Å². The summed E-state index contributed by atoms with van der Waals surface area (Å²) in [5, 5.41) is 2.76. The third-order valence-electron chi connectivity index (χ3n) is 2.43. The zero-order chi connectivity index (χ0) is 14.0. The second kappa shape index (κ2) is 5.47. The van der Waals surface area contributed by atoms with Crippen LogP contribution in [0.1, 0.15) is 10.4 Å². The van der Waals surface area contributed by atoms with Crippen LogP contribution in [-0.4, -0.2) is 5.91 Å². The van der Waals surface area contributed by atoms with Gasteiger partial charge in [-0.1, -0.05) is 29.3 Å². The number of benzene rings is 2. The Labute approximate surface area is 119 Å². The highest BCUT2D eigenvalue weighted by atomic mass is 35.5. The maximum absolute atomic E-state index is 13.5. The minimum Gasteiger partial charge on any atom is -0.399 e. The van der Waals surface area contributed by atoms with Crippen LogP contribution in [-0.2, 0) is 0 Å². The van der Waals surface area contributed by atoms with Gasteiger partial charge in [0.1, 0.15) is 5.82 Å². The van der Waals surface area contributed by atoms with Crippen molar-refractivity contribution in [3.05, 3.63) is 57.8 Å². The molecule has 3 N–H and O–H groups in total. The van der Waals surface area contributed by atoms with Crippen molar-refractivity contribution in [3.8, 4) is 0 Å². The first-order valence-corrected chi connectivity index (χ1v) is 6.05. The molecule has 0 aliphatic heterocycles. The fourth-order valence-electron chi connectivity index (χ4n) is 1.54. The molecule has 0 saturated carbocycles. The molecule has 0 saturated heterocycles. The molecule has 0 aliphatic carbocycles. The predicted molar refractivity (Wildman–Crippen MR) is 75.2 cm³/mol. The highest BCUT2D eigenvalue weighted by molar-refractivity contribution is 6.40. The number of nitrogen functional groups attached to an aromatic ring is 1. The summed E-state index contributed by atoms with van der Waals surface area (Å²) in [6.45, 7) is 0. The summed E-state index contributed by atoms with van der Waals surface area (Å²) >= 11 is 11.8. The molecule has 3 nitrogen and oxygen atoms in total. The van der Waals surface area contributed by atoms with Gasteiger partial charge in [0, 0.05) is 5.69 Å². The molecule has 2 rings (SSSR count). The van der Waals surface area contributed by atoms with E-state index in [-0.39, 0.29) is 21.3 Å². The number of anilines is 2. The van der Waals surface area contributed by atoms with Crippen molar-refractivity contribution in [2.75, 3.05) is 11.1 Å². The highest BCUT2D eigenvalue weighted by Gasteiger charge is 2.16. The van der Waals surface area contributed by atoms with Gasteiger partial charge in [-0.25, -0.2) is 4.39 Å². The van der Waals surface area contributed by atoms with Gasteiger partial charge in [-0.15, -0.1) is 0 Å². The molecular formula is C13H9Cl2FN2O. The first kappa shape index (κ1) is 13.6. The van der Waals surface area contributed by atoms with E-state index in [1.54, 1.807) is 6.07 Å². The van der Waals surface area contributed by atoms with Crippen LogP contribution in [0.5, 0.6) is 0 Å². The summed E-state index contributed by atoms with van der Waals surface area (Å²) in [4.78, 5) is 12.0. The van der Waals surface area contributed by atoms with Crippen molar-refractivity contribution in [3.63, 3.8) is 0 Å². The molecule has 0 unspecified atom stereocenters. The van der Waals surface area contributed by atoms with E-state index < -0.39 is 11.7 Å². The van der Waals surface area contributed by atoms with E-state index in [4.69, 9.17) is 28.9 Å². The maximum Gasteiger partial charge on any atom is 0.258 e. The summed E-state index contributed by atoms with van der Waals surface area (Å²) < 4.78 is 13.5. The number of amides is 1. The van der Waals surface area contributed by atoms with E-state index in [1.807, 2.05) is 0 Å². The van der Waals surface area contributed by atoms with E-state index in [0.29, 0.717) is 5.69 Å². The molecule has 6 heteroatoms. The predicted octanol–water partition coefficient (Wildman–Crippen LogP) is 3.97. The number of carbonyl (C=O) groups excluding carboxylic acids is 1. The number of hydrogen-bond acceptors (Lipinski definition) is 2. The first-order valence-electron chi connectivity index (χ1n) is 5.29. The standard InChI is InChI=1S/C13H9Cl2FN2O/c14-8-2-1-3-9(15)12(8)13(19)18-11-6-7(17)4-5-10(11)16/h1-6H,17H2,(H,18,19). The van der Waals surface area contributed by atoms with E-state index in [2.05, 4.69) is 5.32 Å². The normalized spacial score (nSPS) is 10.3. The highest BCUT2D eigenvalue weighted by Crippen LogP contribution is 2.26. The molecule has 0 aliphatic rings. The van der Waals surface area contributed by atoms with Crippen LogP contribution in [0.25, 0.3) is 0 Å². The van der Waals surface area contributed by atoms with Crippen LogP contribution in [0.2, 0.25) is 10.0 Å². The third-order valence-corrected chi connectivity index (χ3v) is 3.06. The van der Waals surface area contributed by atoms with Crippen molar-refractivity contribution in [1.29, 1.82) is 0 Å². The van der Waals surface area contributed by atoms with E-state index in [0.717, 1.165) is 0 Å². The van der Waals surface area contributed by atoms with Crippen LogP contribution < -0.4 is 11.1 Å². The molecule has 1 amide bonds. The summed E-state index contributed by atoms with van der Waals surface area (Å²) in [7, 11) is 0.